The third-order valence-electron chi connectivity index (χ3n) is 3.51. The van der Waals surface area contributed by atoms with Crippen molar-refractivity contribution in [2.24, 2.45) is 0 Å². The van der Waals surface area contributed by atoms with E-state index in [9.17, 15) is 5.11 Å². The predicted molar refractivity (Wildman–Crippen MR) is 87.0 cm³/mol. The van der Waals surface area contributed by atoms with E-state index >= 15 is 0 Å². The summed E-state index contributed by atoms with van der Waals surface area (Å²) in [7, 11) is 0. The normalized spacial score (nSPS) is 12.4. The summed E-state index contributed by atoms with van der Waals surface area (Å²) < 4.78 is 1.10. The maximum absolute atomic E-state index is 9.79. The number of hydrogen-bond donors (Lipinski definition) is 2. The Morgan fingerprint density at radius 2 is 1.80 bits per heavy atom. The Hall–Kier alpha value is -1.32. The number of hydrogen-bond acceptors (Lipinski definition) is 2. The molecule has 0 spiro atoms. The number of nitrogens with one attached hydrogen (secondary N) is 1. The molecule has 1 atom stereocenters. The van der Waals surface area contributed by atoms with Crippen LogP contribution < -0.4 is 5.32 Å². The molecule has 0 saturated heterocycles. The predicted octanol–water partition coefficient (Wildman–Crippen LogP) is 4.62. The summed E-state index contributed by atoms with van der Waals surface area (Å²) in [5, 5.41) is 13.3. The smallest absolute Gasteiger partial charge is 0.121 e. The van der Waals surface area contributed by atoms with E-state index in [4.69, 9.17) is 0 Å². The zero-order valence-corrected chi connectivity index (χ0v) is 13.7. The Kier molecular flexibility index (Phi) is 4.84. The van der Waals surface area contributed by atoms with Crippen molar-refractivity contribution < 1.29 is 5.11 Å². The van der Waals surface area contributed by atoms with E-state index in [1.54, 1.807) is 0 Å². The fourth-order valence-electron chi connectivity index (χ4n) is 2.31. The van der Waals surface area contributed by atoms with E-state index < -0.39 is 0 Å². The number of halogens is 1. The Morgan fingerprint density at radius 1 is 1.15 bits per heavy atom. The topological polar surface area (TPSA) is 32.3 Å². The van der Waals surface area contributed by atoms with Crippen LogP contribution in [0.1, 0.15) is 35.2 Å². The number of aromatic hydroxyl groups is 1. The number of phenols is 1. The van der Waals surface area contributed by atoms with Gasteiger partial charge in [0.15, 0.2) is 0 Å². The lowest BCUT2D eigenvalue weighted by Crippen LogP contribution is -2.18. The Balaban J connectivity index is 2.05. The summed E-state index contributed by atoms with van der Waals surface area (Å²) in [5.41, 5.74) is 4.31. The largest absolute Gasteiger partial charge is 0.507 e. The molecule has 2 aromatic rings. The summed E-state index contributed by atoms with van der Waals surface area (Å²) in [6, 6.07) is 12.7. The summed E-state index contributed by atoms with van der Waals surface area (Å²) >= 11 is 3.50. The highest BCUT2D eigenvalue weighted by Gasteiger charge is 2.07. The van der Waals surface area contributed by atoms with Crippen LogP contribution in [-0.2, 0) is 6.54 Å². The second-order valence-electron chi connectivity index (χ2n) is 5.24. The first-order chi connectivity index (χ1) is 9.47. The average molecular weight is 334 g/mol. The van der Waals surface area contributed by atoms with Crippen LogP contribution in [0.3, 0.4) is 0 Å². The van der Waals surface area contributed by atoms with Gasteiger partial charge in [-0.1, -0.05) is 40.2 Å². The summed E-state index contributed by atoms with van der Waals surface area (Å²) in [6.45, 7) is 6.81. The van der Waals surface area contributed by atoms with Crippen molar-refractivity contribution in [1.82, 2.24) is 5.32 Å². The second-order valence-corrected chi connectivity index (χ2v) is 6.15. The highest BCUT2D eigenvalue weighted by molar-refractivity contribution is 9.10. The minimum absolute atomic E-state index is 0.280. The van der Waals surface area contributed by atoms with Gasteiger partial charge in [0, 0.05) is 17.1 Å². The molecule has 0 bridgehead atoms. The van der Waals surface area contributed by atoms with Crippen molar-refractivity contribution in [2.45, 2.75) is 33.4 Å². The highest BCUT2D eigenvalue weighted by Crippen LogP contribution is 2.23. The van der Waals surface area contributed by atoms with Crippen LogP contribution in [0.5, 0.6) is 5.75 Å². The van der Waals surface area contributed by atoms with Gasteiger partial charge >= 0.3 is 0 Å². The first kappa shape index (κ1) is 15.1. The monoisotopic (exact) mass is 333 g/mol. The van der Waals surface area contributed by atoms with Crippen molar-refractivity contribution >= 4 is 15.9 Å². The zero-order valence-electron chi connectivity index (χ0n) is 12.1. The lowest BCUT2D eigenvalue weighted by molar-refractivity contribution is 0.466. The van der Waals surface area contributed by atoms with Gasteiger partial charge in [0.05, 0.1) is 0 Å². The standard InChI is InChI=1S/C17H20BrNO/c1-11-7-14(8-12(2)17(11)20)10-19-13(3)15-5-4-6-16(18)9-15/h4-9,13,19-20H,10H2,1-3H3/t13-/m1/s1. The molecule has 0 heterocycles. The van der Waals surface area contributed by atoms with Crippen molar-refractivity contribution in [2.75, 3.05) is 0 Å². The molecule has 2 nitrogen and oxygen atoms in total. The minimum atomic E-state index is 0.280. The van der Waals surface area contributed by atoms with Gasteiger partial charge in [0.25, 0.3) is 0 Å². The van der Waals surface area contributed by atoms with Crippen LogP contribution in [0, 0.1) is 13.8 Å². The quantitative estimate of drug-likeness (QED) is 0.855. The van der Waals surface area contributed by atoms with Crippen molar-refractivity contribution in [3.63, 3.8) is 0 Å². The maximum atomic E-state index is 9.79. The molecule has 2 rings (SSSR count). The molecule has 0 amide bonds. The van der Waals surface area contributed by atoms with E-state index in [-0.39, 0.29) is 6.04 Å². The molecule has 0 fully saturated rings. The molecule has 0 aliphatic carbocycles. The number of aryl methyl sites for hydroxylation is 2. The molecule has 0 aromatic heterocycles. The molecule has 106 valence electrons. The van der Waals surface area contributed by atoms with E-state index in [0.717, 1.165) is 22.1 Å². The summed E-state index contributed by atoms with van der Waals surface area (Å²) in [4.78, 5) is 0. The van der Waals surface area contributed by atoms with Crippen LogP contribution in [0.15, 0.2) is 40.9 Å². The molecule has 20 heavy (non-hydrogen) atoms. The van der Waals surface area contributed by atoms with E-state index in [1.165, 1.54) is 11.1 Å². The van der Waals surface area contributed by atoms with Crippen molar-refractivity contribution in [3.05, 3.63) is 63.1 Å². The van der Waals surface area contributed by atoms with Crippen molar-refractivity contribution in [3.8, 4) is 5.75 Å². The average Bonchev–Trinajstić information content (AvgIpc) is 2.42. The van der Waals surface area contributed by atoms with Gasteiger partial charge in [0.2, 0.25) is 0 Å². The first-order valence-corrected chi connectivity index (χ1v) is 7.54. The second kappa shape index (κ2) is 6.42. The lowest BCUT2D eigenvalue weighted by atomic mass is 10.0. The third kappa shape index (κ3) is 3.62. The summed E-state index contributed by atoms with van der Waals surface area (Å²) in [5.74, 6) is 0.397. The molecule has 0 radical (unpaired) electrons. The van der Waals surface area contributed by atoms with Gasteiger partial charge in [-0.3, -0.25) is 0 Å². The molecule has 0 aliphatic heterocycles. The zero-order chi connectivity index (χ0) is 14.7. The van der Waals surface area contributed by atoms with Gasteiger partial charge in [-0.2, -0.15) is 0 Å². The van der Waals surface area contributed by atoms with E-state index in [0.29, 0.717) is 5.75 Å². The highest BCUT2D eigenvalue weighted by atomic mass is 79.9. The van der Waals surface area contributed by atoms with Gasteiger partial charge < -0.3 is 10.4 Å². The van der Waals surface area contributed by atoms with Crippen LogP contribution in [0.25, 0.3) is 0 Å². The molecule has 0 aliphatic rings. The SMILES string of the molecule is Cc1cc(CN[C@H](C)c2cccc(Br)c2)cc(C)c1O. The molecule has 2 N–H and O–H groups in total. The first-order valence-electron chi connectivity index (χ1n) is 6.75. The van der Waals surface area contributed by atoms with Gasteiger partial charge in [-0.05, 0) is 55.2 Å². The number of benzene rings is 2. The molecule has 0 unspecified atom stereocenters. The lowest BCUT2D eigenvalue weighted by Gasteiger charge is -2.15. The van der Waals surface area contributed by atoms with E-state index in [1.807, 2.05) is 38.1 Å². The van der Waals surface area contributed by atoms with Gasteiger partial charge in [0.1, 0.15) is 5.75 Å². The fraction of sp³-hybridized carbons (Fsp3) is 0.294. The van der Waals surface area contributed by atoms with Crippen LogP contribution in [-0.4, -0.2) is 5.11 Å². The Labute approximate surface area is 129 Å². The van der Waals surface area contributed by atoms with Gasteiger partial charge in [-0.25, -0.2) is 0 Å². The number of rotatable bonds is 4. The third-order valence-corrected chi connectivity index (χ3v) is 4.01. The number of phenolic OH excluding ortho intramolecular Hbond substituents is 1. The maximum Gasteiger partial charge on any atom is 0.121 e. The Morgan fingerprint density at radius 3 is 2.40 bits per heavy atom. The van der Waals surface area contributed by atoms with E-state index in [2.05, 4.69) is 40.3 Å². The van der Waals surface area contributed by atoms with Crippen molar-refractivity contribution in [1.29, 1.82) is 0 Å². The molecular weight excluding hydrogens is 314 g/mol. The molecular formula is C17H20BrNO. The van der Waals surface area contributed by atoms with Crippen LogP contribution in [0.4, 0.5) is 0 Å². The van der Waals surface area contributed by atoms with Gasteiger partial charge in [-0.15, -0.1) is 0 Å². The molecule has 0 saturated carbocycles. The summed E-state index contributed by atoms with van der Waals surface area (Å²) in [6.07, 6.45) is 0. The fourth-order valence-corrected chi connectivity index (χ4v) is 2.73. The molecule has 2 aromatic carbocycles. The van der Waals surface area contributed by atoms with Crippen LogP contribution in [0.2, 0.25) is 0 Å². The molecule has 3 heteroatoms. The van der Waals surface area contributed by atoms with Crippen LogP contribution >= 0.6 is 15.9 Å². The minimum Gasteiger partial charge on any atom is -0.507 e. The Bertz CT molecular complexity index is 587.